The lowest BCUT2D eigenvalue weighted by atomic mass is 9.75. The molecule has 1 amide bonds. The molecular weight excluding hydrogens is 260 g/mol. The molecule has 1 N–H and O–H groups in total. The largest absolute Gasteiger partial charge is 0.343 e. The fraction of sp³-hybridized carbons (Fsp3) is 0.933. The first-order chi connectivity index (χ1) is 8.47. The van der Waals surface area contributed by atoms with E-state index in [-0.39, 0.29) is 12.4 Å². The van der Waals surface area contributed by atoms with Crippen molar-refractivity contribution in [3.05, 3.63) is 0 Å². The summed E-state index contributed by atoms with van der Waals surface area (Å²) in [5.74, 6) is 1.13. The molecule has 0 aromatic carbocycles. The molecule has 19 heavy (non-hydrogen) atoms. The molecule has 0 aliphatic carbocycles. The minimum absolute atomic E-state index is 0. The molecule has 1 unspecified atom stereocenters. The summed E-state index contributed by atoms with van der Waals surface area (Å²) in [6, 6.07) is 0.442. The molecule has 0 radical (unpaired) electrons. The van der Waals surface area contributed by atoms with Gasteiger partial charge in [-0.15, -0.1) is 12.4 Å². The molecule has 2 rings (SSSR count). The van der Waals surface area contributed by atoms with Crippen LogP contribution in [0.1, 0.15) is 52.9 Å². The van der Waals surface area contributed by atoms with Crippen LogP contribution in [0.3, 0.4) is 0 Å². The number of hydrogen-bond donors (Lipinski definition) is 1. The molecule has 3 nitrogen and oxygen atoms in total. The van der Waals surface area contributed by atoms with Gasteiger partial charge in [0.25, 0.3) is 0 Å². The number of piperidine rings is 1. The molecule has 2 fully saturated rings. The minimum Gasteiger partial charge on any atom is -0.343 e. The van der Waals surface area contributed by atoms with Crippen LogP contribution < -0.4 is 5.32 Å². The molecule has 112 valence electrons. The first-order valence-electron chi connectivity index (χ1n) is 7.48. The second kappa shape index (κ2) is 6.94. The van der Waals surface area contributed by atoms with E-state index in [0.717, 1.165) is 25.6 Å². The molecule has 4 heteroatoms. The first kappa shape index (κ1) is 16.8. The molecule has 1 atom stereocenters. The molecule has 0 bridgehead atoms. The molecule has 0 aromatic rings. The monoisotopic (exact) mass is 288 g/mol. The maximum absolute atomic E-state index is 12.2. The second-order valence-corrected chi connectivity index (χ2v) is 7.02. The van der Waals surface area contributed by atoms with E-state index in [1.807, 2.05) is 0 Å². The van der Waals surface area contributed by atoms with Gasteiger partial charge in [0, 0.05) is 25.6 Å². The lowest BCUT2D eigenvalue weighted by Gasteiger charge is -2.39. The number of carbonyl (C=O) groups excluding carboxylic acids is 1. The van der Waals surface area contributed by atoms with E-state index in [9.17, 15) is 4.79 Å². The highest BCUT2D eigenvalue weighted by molar-refractivity contribution is 5.85. The zero-order valence-corrected chi connectivity index (χ0v) is 13.4. The Morgan fingerprint density at radius 2 is 1.84 bits per heavy atom. The third kappa shape index (κ3) is 4.64. The van der Waals surface area contributed by atoms with Crippen LogP contribution in [0.5, 0.6) is 0 Å². The average Bonchev–Trinajstić information content (AvgIpc) is 2.81. The zero-order chi connectivity index (χ0) is 13.2. The summed E-state index contributed by atoms with van der Waals surface area (Å²) in [5.41, 5.74) is 0.391. The van der Waals surface area contributed by atoms with Gasteiger partial charge in [-0.2, -0.15) is 0 Å². The highest BCUT2D eigenvalue weighted by Gasteiger charge is 2.31. The van der Waals surface area contributed by atoms with E-state index in [4.69, 9.17) is 0 Å². The van der Waals surface area contributed by atoms with Crippen LogP contribution in [-0.2, 0) is 4.79 Å². The van der Waals surface area contributed by atoms with Crippen LogP contribution in [0.4, 0.5) is 0 Å². The van der Waals surface area contributed by atoms with Gasteiger partial charge in [-0.05, 0) is 43.6 Å². The van der Waals surface area contributed by atoms with Crippen molar-refractivity contribution in [2.24, 2.45) is 11.3 Å². The van der Waals surface area contributed by atoms with Crippen molar-refractivity contribution in [3.8, 4) is 0 Å². The molecule has 2 saturated heterocycles. The number of nitrogens with zero attached hydrogens (tertiary/aromatic N) is 1. The predicted molar refractivity (Wildman–Crippen MR) is 81.6 cm³/mol. The van der Waals surface area contributed by atoms with Gasteiger partial charge in [0.1, 0.15) is 0 Å². The number of nitrogens with one attached hydrogen (secondary N) is 1. The van der Waals surface area contributed by atoms with Gasteiger partial charge in [0.2, 0.25) is 5.91 Å². The molecular formula is C15H29ClN2O. The fourth-order valence-electron chi connectivity index (χ4n) is 3.27. The van der Waals surface area contributed by atoms with Gasteiger partial charge >= 0.3 is 0 Å². The van der Waals surface area contributed by atoms with Crippen LogP contribution in [-0.4, -0.2) is 36.5 Å². The summed E-state index contributed by atoms with van der Waals surface area (Å²) in [4.78, 5) is 14.3. The Bertz CT molecular complexity index is 287. The second-order valence-electron chi connectivity index (χ2n) is 7.02. The van der Waals surface area contributed by atoms with E-state index in [2.05, 4.69) is 31.0 Å². The zero-order valence-electron chi connectivity index (χ0n) is 12.6. The Kier molecular flexibility index (Phi) is 6.13. The summed E-state index contributed by atoms with van der Waals surface area (Å²) < 4.78 is 0. The van der Waals surface area contributed by atoms with Gasteiger partial charge in [-0.3, -0.25) is 4.79 Å². The number of hydrogen-bond acceptors (Lipinski definition) is 2. The SMILES string of the molecule is CC(C)(C)C1CCN(C(=O)CC2CCCN2)CC1.Cl. The number of rotatable bonds is 2. The van der Waals surface area contributed by atoms with Crippen molar-refractivity contribution in [1.82, 2.24) is 10.2 Å². The van der Waals surface area contributed by atoms with Gasteiger partial charge in [0.15, 0.2) is 0 Å². The van der Waals surface area contributed by atoms with Crippen LogP contribution >= 0.6 is 12.4 Å². The smallest absolute Gasteiger partial charge is 0.224 e. The van der Waals surface area contributed by atoms with Gasteiger partial charge in [0.05, 0.1) is 0 Å². The lowest BCUT2D eigenvalue weighted by Crippen LogP contribution is -2.43. The highest BCUT2D eigenvalue weighted by Crippen LogP contribution is 2.34. The van der Waals surface area contributed by atoms with Crippen LogP contribution in [0.2, 0.25) is 0 Å². The van der Waals surface area contributed by atoms with Gasteiger partial charge in [-0.1, -0.05) is 20.8 Å². The van der Waals surface area contributed by atoms with Crippen molar-refractivity contribution in [1.29, 1.82) is 0 Å². The van der Waals surface area contributed by atoms with Crippen molar-refractivity contribution in [2.45, 2.75) is 58.9 Å². The van der Waals surface area contributed by atoms with E-state index in [1.165, 1.54) is 25.7 Å². The van der Waals surface area contributed by atoms with Crippen molar-refractivity contribution >= 4 is 18.3 Å². The Balaban J connectivity index is 0.00000180. The van der Waals surface area contributed by atoms with Crippen LogP contribution in [0, 0.1) is 11.3 Å². The normalized spacial score (nSPS) is 25.2. The van der Waals surface area contributed by atoms with Crippen molar-refractivity contribution < 1.29 is 4.79 Å². The Labute approximate surface area is 123 Å². The van der Waals surface area contributed by atoms with E-state index in [0.29, 0.717) is 23.8 Å². The highest BCUT2D eigenvalue weighted by atomic mass is 35.5. The quantitative estimate of drug-likeness (QED) is 0.847. The average molecular weight is 289 g/mol. The lowest BCUT2D eigenvalue weighted by molar-refractivity contribution is -0.133. The van der Waals surface area contributed by atoms with E-state index < -0.39 is 0 Å². The minimum atomic E-state index is 0. The molecule has 2 aliphatic heterocycles. The Hall–Kier alpha value is -0.280. The maximum Gasteiger partial charge on any atom is 0.224 e. The van der Waals surface area contributed by atoms with Crippen LogP contribution in [0.25, 0.3) is 0 Å². The molecule has 0 saturated carbocycles. The summed E-state index contributed by atoms with van der Waals surface area (Å²) in [6.07, 6.45) is 5.45. The molecule has 0 aromatic heterocycles. The van der Waals surface area contributed by atoms with Crippen molar-refractivity contribution in [2.75, 3.05) is 19.6 Å². The van der Waals surface area contributed by atoms with E-state index >= 15 is 0 Å². The Morgan fingerprint density at radius 1 is 1.21 bits per heavy atom. The molecule has 0 spiro atoms. The van der Waals surface area contributed by atoms with Gasteiger partial charge in [-0.25, -0.2) is 0 Å². The number of likely N-dealkylation sites (tertiary alicyclic amines) is 1. The molecule has 2 heterocycles. The number of halogens is 1. The first-order valence-corrected chi connectivity index (χ1v) is 7.48. The van der Waals surface area contributed by atoms with Gasteiger partial charge < -0.3 is 10.2 Å². The summed E-state index contributed by atoms with van der Waals surface area (Å²) >= 11 is 0. The summed E-state index contributed by atoms with van der Waals surface area (Å²) in [6.45, 7) is 9.97. The molecule has 2 aliphatic rings. The third-order valence-electron chi connectivity index (χ3n) is 4.66. The summed E-state index contributed by atoms with van der Waals surface area (Å²) in [7, 11) is 0. The Morgan fingerprint density at radius 3 is 2.32 bits per heavy atom. The maximum atomic E-state index is 12.2. The summed E-state index contributed by atoms with van der Waals surface area (Å²) in [5, 5.41) is 3.41. The predicted octanol–water partition coefficient (Wildman–Crippen LogP) is 2.84. The van der Waals surface area contributed by atoms with Crippen molar-refractivity contribution in [3.63, 3.8) is 0 Å². The number of amides is 1. The standard InChI is InChI=1S/C15H28N2O.ClH/c1-15(2,3)12-6-9-17(10-7-12)14(18)11-13-5-4-8-16-13;/h12-13,16H,4-11H2,1-3H3;1H. The number of carbonyl (C=O) groups is 1. The van der Waals surface area contributed by atoms with Crippen LogP contribution in [0.15, 0.2) is 0 Å². The third-order valence-corrected chi connectivity index (χ3v) is 4.66. The topological polar surface area (TPSA) is 32.3 Å². The van der Waals surface area contributed by atoms with E-state index in [1.54, 1.807) is 0 Å². The fourth-order valence-corrected chi connectivity index (χ4v) is 3.27.